The molecule has 1 saturated carbocycles. The molecule has 33 heavy (non-hydrogen) atoms. The van der Waals surface area contributed by atoms with Crippen LogP contribution in [-0.2, 0) is 6.54 Å². The van der Waals surface area contributed by atoms with E-state index in [1.807, 2.05) is 11.5 Å². The Hall–Kier alpha value is -2.21. The van der Waals surface area contributed by atoms with Crippen LogP contribution in [0.4, 0.5) is 8.78 Å². The topological polar surface area (TPSA) is 54.3 Å². The number of aromatic nitrogens is 1. The largest absolute Gasteiger partial charge is 0.393 e. The Morgan fingerprint density at radius 2 is 1.97 bits per heavy atom. The van der Waals surface area contributed by atoms with Gasteiger partial charge < -0.3 is 15.0 Å². The quantitative estimate of drug-likeness (QED) is 0.441. The molecule has 0 saturated heterocycles. The summed E-state index contributed by atoms with van der Waals surface area (Å²) in [6.07, 6.45) is 7.61. The van der Waals surface area contributed by atoms with Gasteiger partial charge in [-0.05, 0) is 56.4 Å². The molecule has 1 aliphatic carbocycles. The van der Waals surface area contributed by atoms with E-state index in [1.54, 1.807) is 6.07 Å². The highest BCUT2D eigenvalue weighted by Gasteiger charge is 2.26. The second-order valence-corrected chi connectivity index (χ2v) is 9.50. The van der Waals surface area contributed by atoms with E-state index in [2.05, 4.69) is 19.2 Å². The van der Waals surface area contributed by atoms with Crippen LogP contribution < -0.4 is 5.32 Å². The summed E-state index contributed by atoms with van der Waals surface area (Å²) < 4.78 is 30.7. The fourth-order valence-electron chi connectivity index (χ4n) is 4.95. The van der Waals surface area contributed by atoms with E-state index < -0.39 is 11.6 Å². The average molecular weight is 461 g/mol. The van der Waals surface area contributed by atoms with Gasteiger partial charge >= 0.3 is 0 Å². The molecule has 1 aromatic heterocycles. The van der Waals surface area contributed by atoms with Crippen LogP contribution in [0, 0.1) is 30.4 Å². The van der Waals surface area contributed by atoms with Crippen LogP contribution >= 0.6 is 0 Å². The van der Waals surface area contributed by atoms with Gasteiger partial charge in [0.1, 0.15) is 11.6 Å². The molecule has 1 heterocycles. The molecule has 1 aromatic carbocycles. The first-order valence-corrected chi connectivity index (χ1v) is 12.5. The maximum absolute atomic E-state index is 14.7. The third-order valence-corrected chi connectivity index (χ3v) is 7.19. The second kappa shape index (κ2) is 11.8. The van der Waals surface area contributed by atoms with Crippen molar-refractivity contribution in [2.24, 2.45) is 11.8 Å². The van der Waals surface area contributed by atoms with E-state index in [9.17, 15) is 18.7 Å². The molecule has 0 spiro atoms. The Bertz CT molecular complexity index is 940. The minimum atomic E-state index is -0.507. The summed E-state index contributed by atoms with van der Waals surface area (Å²) in [5, 5.41) is 13.2. The number of nitrogens with one attached hydrogen (secondary N) is 1. The van der Waals surface area contributed by atoms with Crippen molar-refractivity contribution in [1.29, 1.82) is 0 Å². The van der Waals surface area contributed by atoms with Gasteiger partial charge in [-0.3, -0.25) is 4.79 Å². The van der Waals surface area contributed by atoms with Crippen LogP contribution in [-0.4, -0.2) is 28.2 Å². The zero-order valence-corrected chi connectivity index (χ0v) is 20.2. The number of aliphatic hydroxyl groups excluding tert-OH is 1. The molecule has 3 unspecified atom stereocenters. The van der Waals surface area contributed by atoms with Crippen molar-refractivity contribution in [3.63, 3.8) is 0 Å². The van der Waals surface area contributed by atoms with Gasteiger partial charge in [0.2, 0.25) is 0 Å². The Morgan fingerprint density at radius 3 is 2.67 bits per heavy atom. The molecule has 3 rings (SSSR count). The number of rotatable bonds is 10. The average Bonchev–Trinajstić information content (AvgIpc) is 3.13. The predicted octanol–water partition coefficient (Wildman–Crippen LogP) is 6.24. The molecular weight excluding hydrogens is 422 g/mol. The number of hydrogen-bond acceptors (Lipinski definition) is 2. The van der Waals surface area contributed by atoms with Crippen molar-refractivity contribution in [2.45, 2.75) is 84.8 Å². The zero-order chi connectivity index (χ0) is 24.0. The molecule has 2 N–H and O–H groups in total. The predicted molar refractivity (Wildman–Crippen MR) is 128 cm³/mol. The van der Waals surface area contributed by atoms with Gasteiger partial charge in [0.05, 0.1) is 17.4 Å². The highest BCUT2D eigenvalue weighted by atomic mass is 19.1. The Balaban J connectivity index is 1.91. The first-order chi connectivity index (χ1) is 15.8. The first kappa shape index (κ1) is 25.4. The Morgan fingerprint density at radius 1 is 1.21 bits per heavy atom. The lowest BCUT2D eigenvalue weighted by atomic mass is 9.86. The van der Waals surface area contributed by atoms with Crippen LogP contribution in [0.1, 0.15) is 81.3 Å². The zero-order valence-electron chi connectivity index (χ0n) is 20.2. The number of unbranched alkanes of at least 4 members (excludes halogenated alkanes) is 1. The van der Waals surface area contributed by atoms with Crippen LogP contribution in [0.2, 0.25) is 0 Å². The molecule has 0 bridgehead atoms. The van der Waals surface area contributed by atoms with Crippen molar-refractivity contribution in [1.82, 2.24) is 9.88 Å². The van der Waals surface area contributed by atoms with E-state index in [4.69, 9.17) is 0 Å². The van der Waals surface area contributed by atoms with E-state index >= 15 is 0 Å². The van der Waals surface area contributed by atoms with Crippen LogP contribution in [0.3, 0.4) is 0 Å². The number of carbonyl (C=O) groups excluding carboxylic acids is 1. The van der Waals surface area contributed by atoms with E-state index in [0.29, 0.717) is 30.3 Å². The van der Waals surface area contributed by atoms with Gasteiger partial charge in [-0.15, -0.1) is 0 Å². The molecule has 3 atom stereocenters. The van der Waals surface area contributed by atoms with Crippen LogP contribution in [0.25, 0.3) is 11.3 Å². The van der Waals surface area contributed by atoms with E-state index in [1.165, 1.54) is 6.07 Å². The summed E-state index contributed by atoms with van der Waals surface area (Å²) in [5.74, 6) is -0.798. The lowest BCUT2D eigenvalue weighted by molar-refractivity contribution is 0.0662. The highest BCUT2D eigenvalue weighted by Crippen LogP contribution is 2.31. The van der Waals surface area contributed by atoms with Crippen molar-refractivity contribution in [3.8, 4) is 11.3 Å². The lowest BCUT2D eigenvalue weighted by Crippen LogP contribution is -2.36. The number of carbonyl (C=O) groups is 1. The number of halogens is 2. The smallest absolute Gasteiger partial charge is 0.253 e. The summed E-state index contributed by atoms with van der Waals surface area (Å²) in [4.78, 5) is 13.1. The second-order valence-electron chi connectivity index (χ2n) is 9.50. The summed E-state index contributed by atoms with van der Waals surface area (Å²) in [6.45, 7) is 7.25. The maximum Gasteiger partial charge on any atom is 0.253 e. The van der Waals surface area contributed by atoms with Crippen LogP contribution in [0.15, 0.2) is 24.3 Å². The van der Waals surface area contributed by atoms with Crippen molar-refractivity contribution in [3.05, 3.63) is 47.2 Å². The molecular formula is C27H38F2N2O2. The van der Waals surface area contributed by atoms with E-state index in [-0.39, 0.29) is 23.5 Å². The van der Waals surface area contributed by atoms with Gasteiger partial charge in [0.15, 0.2) is 0 Å². The van der Waals surface area contributed by atoms with Gasteiger partial charge in [-0.1, -0.05) is 46.0 Å². The number of aliphatic hydroxyl groups is 1. The summed E-state index contributed by atoms with van der Waals surface area (Å²) in [5.41, 5.74) is 1.93. The molecule has 1 fully saturated rings. The molecule has 0 radical (unpaired) electrons. The Kier molecular flexibility index (Phi) is 9.07. The summed E-state index contributed by atoms with van der Waals surface area (Å²) in [6, 6.07) is 5.13. The molecule has 0 aliphatic heterocycles. The molecule has 2 aromatic rings. The Labute approximate surface area is 196 Å². The van der Waals surface area contributed by atoms with Gasteiger partial charge in [-0.25, -0.2) is 8.78 Å². The third-order valence-electron chi connectivity index (χ3n) is 7.19. The highest BCUT2D eigenvalue weighted by molar-refractivity contribution is 5.97. The number of benzene rings is 1. The lowest BCUT2D eigenvalue weighted by Gasteiger charge is -2.27. The standard InChI is InChI=1S/C27H38F2N2O2/c1-4-6-9-19(5-2)17-31-18(3)22(15-25(31)23-14-21(28)12-13-24(23)29)27(33)30-16-20-10-7-8-11-26(20)32/h12-15,19-20,26,32H,4-11,16-17H2,1-3H3,(H,30,33). The number of hydrogen-bond donors (Lipinski definition) is 2. The summed E-state index contributed by atoms with van der Waals surface area (Å²) >= 11 is 0. The molecule has 4 nitrogen and oxygen atoms in total. The van der Waals surface area contributed by atoms with Crippen molar-refractivity contribution < 1.29 is 18.7 Å². The van der Waals surface area contributed by atoms with Crippen molar-refractivity contribution >= 4 is 5.91 Å². The monoisotopic (exact) mass is 460 g/mol. The normalized spacial score (nSPS) is 19.5. The minimum Gasteiger partial charge on any atom is -0.393 e. The first-order valence-electron chi connectivity index (χ1n) is 12.5. The minimum absolute atomic E-state index is 0.0590. The molecule has 1 aliphatic rings. The fourth-order valence-corrected chi connectivity index (χ4v) is 4.95. The van der Waals surface area contributed by atoms with Crippen LogP contribution in [0.5, 0.6) is 0 Å². The fraction of sp³-hybridized carbons (Fsp3) is 0.593. The summed E-state index contributed by atoms with van der Waals surface area (Å²) in [7, 11) is 0. The van der Waals surface area contributed by atoms with Gasteiger partial charge in [0.25, 0.3) is 5.91 Å². The molecule has 1 amide bonds. The molecule has 182 valence electrons. The third kappa shape index (κ3) is 6.23. The van der Waals surface area contributed by atoms with E-state index in [0.717, 1.165) is 69.2 Å². The maximum atomic E-state index is 14.7. The van der Waals surface area contributed by atoms with Crippen molar-refractivity contribution in [2.75, 3.05) is 6.54 Å². The number of amides is 1. The molecule has 6 heteroatoms. The number of nitrogens with zero attached hydrogens (tertiary/aromatic N) is 1. The van der Waals surface area contributed by atoms with Gasteiger partial charge in [0, 0.05) is 30.3 Å². The van der Waals surface area contributed by atoms with Gasteiger partial charge in [-0.2, -0.15) is 0 Å². The SMILES string of the molecule is CCCCC(CC)Cn1c(-c2cc(F)ccc2F)cc(C(=O)NCC2CCCCC2O)c1C.